The fourth-order valence-corrected chi connectivity index (χ4v) is 2.95. The van der Waals surface area contributed by atoms with E-state index in [0.29, 0.717) is 16.6 Å². The number of nitriles is 1. The highest BCUT2D eigenvalue weighted by molar-refractivity contribution is 7.38. The van der Waals surface area contributed by atoms with Gasteiger partial charge in [-0.15, -0.1) is 0 Å². The number of pyridine rings is 2. The third-order valence-corrected chi connectivity index (χ3v) is 4.31. The highest BCUT2D eigenvalue weighted by Crippen LogP contribution is 2.40. The molecule has 0 N–H and O–H groups in total. The van der Waals surface area contributed by atoms with Crippen molar-refractivity contribution >= 4 is 33.2 Å². The van der Waals surface area contributed by atoms with E-state index in [0.717, 1.165) is 6.07 Å². The first-order valence-electron chi connectivity index (χ1n) is 7.64. The lowest BCUT2D eigenvalue weighted by Crippen LogP contribution is -2.18. The molecule has 3 rings (SSSR count). The van der Waals surface area contributed by atoms with Gasteiger partial charge < -0.3 is 4.74 Å². The molecule has 5 nitrogen and oxygen atoms in total. The lowest BCUT2D eigenvalue weighted by atomic mass is 10.1. The fraction of sp³-hybridized carbons (Fsp3) is 0.188. The second kappa shape index (κ2) is 7.52. The summed E-state index contributed by atoms with van der Waals surface area (Å²) in [6.45, 7) is -1.04. The van der Waals surface area contributed by atoms with E-state index in [1.165, 1.54) is 26.0 Å². The Labute approximate surface area is 164 Å². The summed E-state index contributed by atoms with van der Waals surface area (Å²) in [6, 6.07) is 6.09. The first-order valence-corrected chi connectivity index (χ1v) is 9.37. The number of imidazole rings is 1. The molecule has 28 heavy (non-hydrogen) atoms. The maximum atomic E-state index is 14.4. The predicted molar refractivity (Wildman–Crippen MR) is 105 cm³/mol. The van der Waals surface area contributed by atoms with Gasteiger partial charge in [0, 0.05) is 23.5 Å². The molecule has 0 saturated carbocycles. The van der Waals surface area contributed by atoms with Gasteiger partial charge in [-0.25, -0.2) is 18.7 Å². The zero-order valence-corrected chi connectivity index (χ0v) is 17.5. The van der Waals surface area contributed by atoms with Crippen LogP contribution in [0, 0.1) is 17.1 Å². The van der Waals surface area contributed by atoms with E-state index in [1.807, 2.05) is 24.5 Å². The highest BCUT2D eigenvalue weighted by Gasteiger charge is 2.27. The van der Waals surface area contributed by atoms with Gasteiger partial charge in [0.2, 0.25) is 0 Å². The van der Waals surface area contributed by atoms with Crippen LogP contribution in [-0.4, -0.2) is 26.6 Å². The number of aromatic nitrogens is 3. The summed E-state index contributed by atoms with van der Waals surface area (Å²) in [7, 11) is 5.23. The van der Waals surface area contributed by atoms with Crippen LogP contribution in [0.25, 0.3) is 16.6 Å². The average molecular weight is 446 g/mol. The van der Waals surface area contributed by atoms with Crippen LogP contribution >= 0.6 is 27.7 Å². The lowest BCUT2D eigenvalue weighted by Gasteiger charge is -2.14. The van der Waals surface area contributed by atoms with Crippen LogP contribution in [0.15, 0.2) is 30.6 Å². The number of alkyl halides is 3. The Balaban J connectivity index is 2.02. The van der Waals surface area contributed by atoms with Crippen LogP contribution in [0.1, 0.15) is 11.5 Å². The Hall–Kier alpha value is -1.86. The minimum Gasteiger partial charge on any atom is -0.469 e. The summed E-state index contributed by atoms with van der Waals surface area (Å²) in [5, 5.41) is 7.20. The highest BCUT2D eigenvalue weighted by atomic mass is 31.1. The number of halogens is 4. The van der Waals surface area contributed by atoms with Crippen LogP contribution in [0.3, 0.4) is 0 Å². The topological polar surface area (TPSA) is 63.2 Å². The molecule has 3 unspecified atom stereocenters. The van der Waals surface area contributed by atoms with Crippen molar-refractivity contribution < 1.29 is 22.3 Å². The fourth-order valence-electron chi connectivity index (χ4n) is 2.46. The molecule has 0 aliphatic rings. The minimum absolute atomic E-state index is 0.0416. The smallest absolute Gasteiger partial charge is 0.292 e. The van der Waals surface area contributed by atoms with Crippen LogP contribution < -0.4 is 4.74 Å². The molecular weight excluding hydrogens is 433 g/mol. The molecule has 3 atom stereocenters. The first kappa shape index (κ1) is 20.9. The molecule has 0 aromatic carbocycles. The second-order valence-corrected chi connectivity index (χ2v) is 9.09. The van der Waals surface area contributed by atoms with Gasteiger partial charge in [0.1, 0.15) is 6.07 Å². The third-order valence-electron chi connectivity index (χ3n) is 3.63. The maximum Gasteiger partial charge on any atom is 0.292 e. The van der Waals surface area contributed by atoms with E-state index in [2.05, 4.69) is 14.7 Å². The van der Waals surface area contributed by atoms with E-state index in [4.69, 9.17) is 0 Å². The summed E-state index contributed by atoms with van der Waals surface area (Å²) in [6.07, 6.45) is 2.72. The summed E-state index contributed by atoms with van der Waals surface area (Å²) in [4.78, 5) is 7.73. The molecule has 0 saturated heterocycles. The van der Waals surface area contributed by atoms with Gasteiger partial charge in [-0.1, -0.05) is 33.8 Å². The second-order valence-electron chi connectivity index (χ2n) is 5.90. The Bertz CT molecular complexity index is 1090. The normalized spacial score (nSPS) is 12.2. The van der Waals surface area contributed by atoms with Crippen molar-refractivity contribution in [1.82, 2.24) is 14.4 Å². The Kier molecular flexibility index (Phi) is 5.60. The van der Waals surface area contributed by atoms with E-state index in [9.17, 15) is 22.8 Å². The molecule has 0 aliphatic carbocycles. The molecule has 0 bridgehead atoms. The largest absolute Gasteiger partial charge is 0.469 e. The molecule has 3 heterocycles. The molecular formula is C16H13F4N4OP3. The predicted octanol–water partition coefficient (Wildman–Crippen LogP) is 4.08. The molecule has 0 fully saturated rings. The Morgan fingerprint density at radius 2 is 1.89 bits per heavy atom. The molecule has 0 radical (unpaired) electrons. The molecule has 3 aromatic rings. The van der Waals surface area contributed by atoms with E-state index in [-0.39, 0.29) is 11.5 Å². The Morgan fingerprint density at radius 3 is 2.46 bits per heavy atom. The van der Waals surface area contributed by atoms with Gasteiger partial charge in [0.15, 0.2) is 29.1 Å². The molecule has 0 spiro atoms. The van der Waals surface area contributed by atoms with Crippen molar-refractivity contribution in [3.8, 4) is 23.1 Å². The quantitative estimate of drug-likeness (QED) is 0.438. The van der Waals surface area contributed by atoms with Crippen LogP contribution in [0.5, 0.6) is 5.88 Å². The standard InChI is InChI=1S/C16H13F4N4OP3/c17-10-3-9(5-22-13(10)25-7-15(18,19)26)8-1-2-12-11(4-21)23-14(16(20,27)28)24(12)6-8/h1-3,5-6H,7,26-28H2. The van der Waals surface area contributed by atoms with Crippen LogP contribution in [0.4, 0.5) is 17.6 Å². The lowest BCUT2D eigenvalue weighted by molar-refractivity contribution is 0.0426. The average Bonchev–Trinajstić information content (AvgIpc) is 2.98. The molecule has 12 heteroatoms. The molecule has 0 amide bonds. The summed E-state index contributed by atoms with van der Waals surface area (Å²) in [5.74, 6) is -1.53. The number of fused-ring (bicyclic) bond motifs is 1. The summed E-state index contributed by atoms with van der Waals surface area (Å²) >= 11 is 0. The zero-order valence-electron chi connectivity index (χ0n) is 14.0. The molecule has 3 aromatic heterocycles. The minimum atomic E-state index is -3.21. The van der Waals surface area contributed by atoms with Gasteiger partial charge in [-0.05, 0) is 12.1 Å². The number of rotatable bonds is 5. The number of ether oxygens (including phenoxy) is 1. The van der Waals surface area contributed by atoms with Crippen molar-refractivity contribution in [1.29, 1.82) is 5.26 Å². The first-order chi connectivity index (χ1) is 13.0. The van der Waals surface area contributed by atoms with Gasteiger partial charge in [-0.3, -0.25) is 4.40 Å². The van der Waals surface area contributed by atoms with Crippen molar-refractivity contribution in [2.75, 3.05) is 6.61 Å². The van der Waals surface area contributed by atoms with Crippen molar-refractivity contribution in [3.05, 3.63) is 47.9 Å². The molecule has 146 valence electrons. The monoisotopic (exact) mass is 446 g/mol. The number of hydrogen-bond donors (Lipinski definition) is 0. The van der Waals surface area contributed by atoms with Crippen LogP contribution in [0.2, 0.25) is 0 Å². The Morgan fingerprint density at radius 1 is 1.18 bits per heavy atom. The molecule has 0 aliphatic heterocycles. The summed E-state index contributed by atoms with van der Waals surface area (Å²) < 4.78 is 60.3. The van der Waals surface area contributed by atoms with Crippen molar-refractivity contribution in [3.63, 3.8) is 0 Å². The van der Waals surface area contributed by atoms with E-state index in [1.54, 1.807) is 12.1 Å². The van der Waals surface area contributed by atoms with Gasteiger partial charge in [0.05, 0.1) is 5.52 Å². The number of hydrogen-bond acceptors (Lipinski definition) is 4. The third kappa shape index (κ3) is 4.41. The van der Waals surface area contributed by atoms with Crippen molar-refractivity contribution in [2.45, 2.75) is 10.8 Å². The zero-order chi connectivity index (χ0) is 20.7. The van der Waals surface area contributed by atoms with Gasteiger partial charge >= 0.3 is 0 Å². The summed E-state index contributed by atoms with van der Waals surface area (Å²) in [5.41, 5.74) is -2.03. The van der Waals surface area contributed by atoms with E-state index < -0.39 is 29.1 Å². The van der Waals surface area contributed by atoms with E-state index >= 15 is 0 Å². The number of nitrogens with zero attached hydrogens (tertiary/aromatic N) is 4. The van der Waals surface area contributed by atoms with Gasteiger partial charge in [-0.2, -0.15) is 14.0 Å². The van der Waals surface area contributed by atoms with Gasteiger partial charge in [0.25, 0.3) is 11.5 Å². The van der Waals surface area contributed by atoms with Crippen molar-refractivity contribution in [2.24, 2.45) is 0 Å². The SMILES string of the molecule is N#Cc1nc(C(F)(P)P)n2cc(-c3cnc(OCC(F)(F)P)c(F)c3)ccc12. The van der Waals surface area contributed by atoms with Crippen LogP contribution in [-0.2, 0) is 5.15 Å². The maximum absolute atomic E-state index is 14.4.